The predicted molar refractivity (Wildman–Crippen MR) is 124 cm³/mol. The van der Waals surface area contributed by atoms with Crippen LogP contribution in [0.25, 0.3) is 11.3 Å². The molecule has 13 heteroatoms. The Labute approximate surface area is 206 Å². The van der Waals surface area contributed by atoms with Crippen molar-refractivity contribution in [1.82, 2.24) is 14.3 Å². The molecule has 1 aliphatic heterocycles. The average Bonchev–Trinajstić information content (AvgIpc) is 2.89. The summed E-state index contributed by atoms with van der Waals surface area (Å²) in [5, 5.41) is 0. The molecule has 0 spiro atoms. The van der Waals surface area contributed by atoms with Gasteiger partial charge in [-0.05, 0) is 24.3 Å². The number of piperazine rings is 1. The predicted octanol–water partition coefficient (Wildman–Crippen LogP) is 3.10. The monoisotopic (exact) mass is 524 g/mol. The first-order valence-electron chi connectivity index (χ1n) is 10.7. The van der Waals surface area contributed by atoms with Crippen molar-refractivity contribution in [2.75, 3.05) is 52.4 Å². The van der Waals surface area contributed by atoms with E-state index in [-0.39, 0.29) is 32.2 Å². The van der Waals surface area contributed by atoms with Gasteiger partial charge in [-0.15, -0.1) is 0 Å². The third kappa shape index (κ3) is 4.75. The molecule has 0 bridgehead atoms. The number of aromatic nitrogens is 2. The van der Waals surface area contributed by atoms with E-state index in [0.29, 0.717) is 40.5 Å². The number of anilines is 1. The number of halogens is 3. The van der Waals surface area contributed by atoms with Gasteiger partial charge in [-0.25, -0.2) is 31.6 Å². The minimum absolute atomic E-state index is 0.0292. The number of rotatable bonds is 7. The molecule has 192 valence electrons. The van der Waals surface area contributed by atoms with Crippen LogP contribution in [0.15, 0.2) is 41.4 Å². The summed E-state index contributed by atoms with van der Waals surface area (Å²) < 4.78 is 83.8. The zero-order chi connectivity index (χ0) is 26.0. The third-order valence-corrected chi connectivity index (χ3v) is 7.63. The van der Waals surface area contributed by atoms with Gasteiger partial charge in [0, 0.05) is 44.0 Å². The maximum absolute atomic E-state index is 14.1. The molecule has 0 atom stereocenters. The molecule has 1 aliphatic rings. The fourth-order valence-electron chi connectivity index (χ4n) is 3.86. The summed E-state index contributed by atoms with van der Waals surface area (Å²) in [6.07, 6.45) is 1.57. The molecule has 0 radical (unpaired) electrons. The maximum atomic E-state index is 14.1. The molecule has 1 saturated heterocycles. The zero-order valence-corrected chi connectivity index (χ0v) is 20.5. The van der Waals surface area contributed by atoms with Gasteiger partial charge in [-0.2, -0.15) is 4.31 Å². The van der Waals surface area contributed by atoms with E-state index in [1.807, 2.05) is 0 Å². The molecule has 2 aromatic carbocycles. The third-order valence-electron chi connectivity index (χ3n) is 5.72. The van der Waals surface area contributed by atoms with Gasteiger partial charge in [0.15, 0.2) is 23.1 Å². The Morgan fingerprint density at radius 3 is 2.03 bits per heavy atom. The SMILES string of the molecule is COc1cc(-c2ccnc(N3CCN(S(=O)(=O)c4cc(F)c(F)cc4F)CC3)n2)cc(OC)c1OC. The van der Waals surface area contributed by atoms with Gasteiger partial charge in [-0.3, -0.25) is 0 Å². The van der Waals surface area contributed by atoms with Crippen LogP contribution in [0.2, 0.25) is 0 Å². The smallest absolute Gasteiger partial charge is 0.246 e. The Bertz CT molecular complexity index is 1360. The summed E-state index contributed by atoms with van der Waals surface area (Å²) in [6.45, 7) is 0.337. The fraction of sp³-hybridized carbons (Fsp3) is 0.304. The van der Waals surface area contributed by atoms with E-state index in [1.54, 1.807) is 29.3 Å². The van der Waals surface area contributed by atoms with Crippen LogP contribution in [-0.2, 0) is 10.0 Å². The molecule has 4 rings (SSSR count). The fourth-order valence-corrected chi connectivity index (χ4v) is 5.34. The maximum Gasteiger partial charge on any atom is 0.246 e. The highest BCUT2D eigenvalue weighted by molar-refractivity contribution is 7.89. The lowest BCUT2D eigenvalue weighted by molar-refractivity contribution is 0.324. The first-order valence-corrected chi connectivity index (χ1v) is 12.2. The Balaban J connectivity index is 1.55. The van der Waals surface area contributed by atoms with Gasteiger partial charge in [0.05, 0.1) is 27.0 Å². The molecule has 0 N–H and O–H groups in total. The molecule has 9 nitrogen and oxygen atoms in total. The summed E-state index contributed by atoms with van der Waals surface area (Å²) in [4.78, 5) is 9.76. The Morgan fingerprint density at radius 1 is 0.833 bits per heavy atom. The first-order chi connectivity index (χ1) is 17.2. The molecule has 0 saturated carbocycles. The molecule has 36 heavy (non-hydrogen) atoms. The van der Waals surface area contributed by atoms with Crippen LogP contribution in [0.1, 0.15) is 0 Å². The van der Waals surface area contributed by atoms with Crippen LogP contribution in [0.5, 0.6) is 17.2 Å². The van der Waals surface area contributed by atoms with Gasteiger partial charge < -0.3 is 19.1 Å². The van der Waals surface area contributed by atoms with Gasteiger partial charge >= 0.3 is 0 Å². The van der Waals surface area contributed by atoms with Crippen molar-refractivity contribution >= 4 is 16.0 Å². The molecule has 1 aromatic heterocycles. The van der Waals surface area contributed by atoms with Gasteiger partial charge in [-0.1, -0.05) is 0 Å². The van der Waals surface area contributed by atoms with E-state index in [1.165, 1.54) is 21.3 Å². The van der Waals surface area contributed by atoms with Crippen molar-refractivity contribution in [2.24, 2.45) is 0 Å². The molecule has 0 aliphatic carbocycles. The highest BCUT2D eigenvalue weighted by Gasteiger charge is 2.32. The summed E-state index contributed by atoms with van der Waals surface area (Å²) in [6, 6.07) is 5.77. The number of ether oxygens (including phenoxy) is 3. The van der Waals surface area contributed by atoms with Crippen LogP contribution < -0.4 is 19.1 Å². The van der Waals surface area contributed by atoms with Crippen LogP contribution in [0.4, 0.5) is 19.1 Å². The molecule has 3 aromatic rings. The number of hydrogen-bond donors (Lipinski definition) is 0. The second-order valence-electron chi connectivity index (χ2n) is 7.74. The van der Waals surface area contributed by atoms with Crippen molar-refractivity contribution < 1.29 is 35.8 Å². The van der Waals surface area contributed by atoms with E-state index < -0.39 is 32.4 Å². The Kier molecular flexibility index (Phi) is 7.22. The standard InChI is InChI=1S/C23H23F3N4O5S/c1-33-19-10-14(11-20(34-2)22(19)35-3)18-4-5-27-23(28-18)29-6-8-30(9-7-29)36(31,32)21-13-16(25)15(24)12-17(21)26/h4-5,10-13H,6-9H2,1-3H3. The summed E-state index contributed by atoms with van der Waals surface area (Å²) in [5.41, 5.74) is 1.25. The topological polar surface area (TPSA) is 94.1 Å². The number of benzene rings is 2. The van der Waals surface area contributed by atoms with Crippen molar-refractivity contribution in [3.8, 4) is 28.5 Å². The lowest BCUT2D eigenvalue weighted by Crippen LogP contribution is -2.49. The van der Waals surface area contributed by atoms with E-state index in [9.17, 15) is 21.6 Å². The van der Waals surface area contributed by atoms with E-state index in [0.717, 1.165) is 4.31 Å². The van der Waals surface area contributed by atoms with Crippen molar-refractivity contribution in [3.05, 3.63) is 54.0 Å². The molecular formula is C23H23F3N4O5S. The Morgan fingerprint density at radius 2 is 1.44 bits per heavy atom. The number of hydrogen-bond acceptors (Lipinski definition) is 8. The molecular weight excluding hydrogens is 501 g/mol. The van der Waals surface area contributed by atoms with E-state index >= 15 is 0 Å². The summed E-state index contributed by atoms with van der Waals surface area (Å²) in [5.74, 6) is -2.54. The van der Waals surface area contributed by atoms with Gasteiger partial charge in [0.25, 0.3) is 0 Å². The minimum atomic E-state index is -4.37. The number of methoxy groups -OCH3 is 3. The molecule has 1 fully saturated rings. The van der Waals surface area contributed by atoms with Crippen molar-refractivity contribution in [3.63, 3.8) is 0 Å². The van der Waals surface area contributed by atoms with E-state index in [2.05, 4.69) is 9.97 Å². The van der Waals surface area contributed by atoms with Crippen LogP contribution in [0.3, 0.4) is 0 Å². The van der Waals surface area contributed by atoms with Crippen LogP contribution >= 0.6 is 0 Å². The summed E-state index contributed by atoms with van der Waals surface area (Å²) >= 11 is 0. The molecule has 2 heterocycles. The highest BCUT2D eigenvalue weighted by Crippen LogP contribution is 2.41. The van der Waals surface area contributed by atoms with Crippen molar-refractivity contribution in [2.45, 2.75) is 4.90 Å². The second-order valence-corrected chi connectivity index (χ2v) is 9.65. The highest BCUT2D eigenvalue weighted by atomic mass is 32.2. The van der Waals surface area contributed by atoms with Crippen LogP contribution in [-0.4, -0.2) is 70.2 Å². The summed E-state index contributed by atoms with van der Waals surface area (Å²) in [7, 11) is 0.150. The Hall–Kier alpha value is -3.58. The number of nitrogens with zero attached hydrogens (tertiary/aromatic N) is 4. The molecule has 0 unspecified atom stereocenters. The largest absolute Gasteiger partial charge is 0.493 e. The molecule has 0 amide bonds. The minimum Gasteiger partial charge on any atom is -0.493 e. The van der Waals surface area contributed by atoms with Crippen LogP contribution in [0, 0.1) is 17.5 Å². The normalized spacial score (nSPS) is 14.6. The lowest BCUT2D eigenvalue weighted by Gasteiger charge is -2.34. The average molecular weight is 525 g/mol. The van der Waals surface area contributed by atoms with E-state index in [4.69, 9.17) is 14.2 Å². The van der Waals surface area contributed by atoms with Gasteiger partial charge in [0.2, 0.25) is 21.7 Å². The first kappa shape index (κ1) is 25.5. The lowest BCUT2D eigenvalue weighted by atomic mass is 10.1. The van der Waals surface area contributed by atoms with Gasteiger partial charge in [0.1, 0.15) is 10.7 Å². The zero-order valence-electron chi connectivity index (χ0n) is 19.7. The quantitative estimate of drug-likeness (QED) is 0.436. The number of sulfonamides is 1. The van der Waals surface area contributed by atoms with Crippen molar-refractivity contribution in [1.29, 1.82) is 0 Å². The second kappa shape index (κ2) is 10.2.